The monoisotopic (exact) mass is 646 g/mol. The molecule has 4 amide bonds. The molecule has 1 aromatic carbocycles. The summed E-state index contributed by atoms with van der Waals surface area (Å²) in [7, 11) is 0. The number of amides is 4. The topological polar surface area (TPSA) is 134 Å². The first-order chi connectivity index (χ1) is 20.7. The number of benzene rings is 1. The van der Waals surface area contributed by atoms with Crippen LogP contribution in [0.2, 0.25) is 0 Å². The smallest absolute Gasteiger partial charge is 0.408 e. The maximum Gasteiger partial charge on any atom is 0.408 e. The Labute approximate surface area is 267 Å². The van der Waals surface area contributed by atoms with Crippen molar-refractivity contribution in [3.05, 3.63) is 60.7 Å². The molecule has 3 N–H and O–H groups in total. The molecule has 10 nitrogen and oxygen atoms in total. The zero-order valence-electron chi connectivity index (χ0n) is 25.2. The van der Waals surface area contributed by atoms with Gasteiger partial charge in [-0.15, -0.1) is 36.4 Å². The Hall–Kier alpha value is -3.37. The van der Waals surface area contributed by atoms with E-state index in [9.17, 15) is 24.0 Å². The lowest BCUT2D eigenvalue weighted by molar-refractivity contribution is -0.144. The van der Waals surface area contributed by atoms with Crippen LogP contribution in [0.15, 0.2) is 49.6 Å². The average molecular weight is 648 g/mol. The molecule has 0 radical (unpaired) electrons. The van der Waals surface area contributed by atoms with E-state index in [1.807, 2.05) is 24.3 Å². The highest BCUT2D eigenvalue weighted by Gasteiger charge is 2.74. The summed E-state index contributed by atoms with van der Waals surface area (Å²) in [6.45, 7) is 12.5. The van der Waals surface area contributed by atoms with Crippen molar-refractivity contribution in [3.8, 4) is 0 Å². The second-order valence-corrected chi connectivity index (χ2v) is 14.0. The lowest BCUT2D eigenvalue weighted by atomic mass is 9.94. The van der Waals surface area contributed by atoms with Crippen molar-refractivity contribution < 1.29 is 28.7 Å². The Morgan fingerprint density at radius 3 is 2.27 bits per heavy atom. The summed E-state index contributed by atoms with van der Waals surface area (Å²) in [6.07, 6.45) is 3.83. The quantitative estimate of drug-likeness (QED) is 0.181. The molecule has 12 heteroatoms. The number of alkyl halides is 2. The van der Waals surface area contributed by atoms with Gasteiger partial charge in [0.2, 0.25) is 17.6 Å². The Morgan fingerprint density at radius 2 is 1.70 bits per heavy atom. The number of ether oxygens (including phenoxy) is 1. The van der Waals surface area contributed by atoms with Crippen molar-refractivity contribution in [1.82, 2.24) is 20.9 Å². The minimum atomic E-state index is -1.24. The maximum atomic E-state index is 14.3. The molecule has 44 heavy (non-hydrogen) atoms. The molecule has 2 fully saturated rings. The van der Waals surface area contributed by atoms with Gasteiger partial charge >= 0.3 is 6.09 Å². The fourth-order valence-corrected chi connectivity index (χ4v) is 7.00. The molecule has 1 saturated carbocycles. The van der Waals surface area contributed by atoms with Crippen molar-refractivity contribution in [2.45, 2.75) is 74.5 Å². The summed E-state index contributed by atoms with van der Waals surface area (Å²) in [5, 5.41) is 7.90. The second kappa shape index (κ2) is 13.3. The zero-order valence-corrected chi connectivity index (χ0v) is 26.7. The number of carbonyl (C=O) groups excluding carboxylic acids is 5. The summed E-state index contributed by atoms with van der Waals surface area (Å²) in [5.74, 6) is -4.09. The van der Waals surface area contributed by atoms with Crippen LogP contribution in [0.1, 0.15) is 44.7 Å². The number of halogens is 2. The molecule has 1 saturated heterocycles. The predicted molar refractivity (Wildman–Crippen MR) is 167 cm³/mol. The molecule has 4 unspecified atom stereocenters. The van der Waals surface area contributed by atoms with E-state index in [2.05, 4.69) is 29.1 Å². The van der Waals surface area contributed by atoms with Crippen molar-refractivity contribution in [3.63, 3.8) is 0 Å². The molecular formula is C32H40Cl2N4O6. The summed E-state index contributed by atoms with van der Waals surface area (Å²) in [5.41, 5.74) is 1.37. The second-order valence-electron chi connectivity index (χ2n) is 12.6. The third-order valence-electron chi connectivity index (χ3n) is 8.30. The number of rotatable bonds is 12. The number of ketones is 1. The van der Waals surface area contributed by atoms with Gasteiger partial charge in [0.1, 0.15) is 22.0 Å². The van der Waals surface area contributed by atoms with E-state index >= 15 is 0 Å². The van der Waals surface area contributed by atoms with Gasteiger partial charge < -0.3 is 25.6 Å². The van der Waals surface area contributed by atoms with E-state index in [-0.39, 0.29) is 31.3 Å². The molecule has 3 aliphatic rings. The van der Waals surface area contributed by atoms with Crippen molar-refractivity contribution in [2.75, 3.05) is 13.1 Å². The summed E-state index contributed by atoms with van der Waals surface area (Å²) in [6, 6.07) is 4.54. The number of nitrogens with zero attached hydrogens (tertiary/aromatic N) is 1. The van der Waals surface area contributed by atoms with Crippen LogP contribution in [0.3, 0.4) is 0 Å². The number of carbonyl (C=O) groups is 5. The highest BCUT2D eigenvalue weighted by atomic mass is 35.5. The Balaban J connectivity index is 1.59. The van der Waals surface area contributed by atoms with Crippen LogP contribution in [0.25, 0.3) is 0 Å². The molecule has 4 rings (SSSR count). The number of allylic oxidation sites excluding steroid dienone is 1. The van der Waals surface area contributed by atoms with E-state index in [1.165, 1.54) is 11.0 Å². The predicted octanol–water partition coefficient (Wildman–Crippen LogP) is 3.25. The lowest BCUT2D eigenvalue weighted by Crippen LogP contribution is -2.60. The highest BCUT2D eigenvalue weighted by molar-refractivity contribution is 6.51. The van der Waals surface area contributed by atoms with E-state index < -0.39 is 63.6 Å². The van der Waals surface area contributed by atoms with Crippen molar-refractivity contribution in [2.24, 2.45) is 17.8 Å². The SMILES string of the molecule is C=CCCC(NC(=O)[C@@H]1C2C(CN1C(=O)C(NC(=O)OC(C)(C)C)C1Cc3ccccc3C1)C2(Cl)Cl)C(=O)C(=O)NCC=C. The minimum Gasteiger partial charge on any atom is -0.444 e. The normalized spacial score (nSPS) is 22.9. The molecule has 0 bridgehead atoms. The van der Waals surface area contributed by atoms with Gasteiger partial charge in [-0.25, -0.2) is 4.79 Å². The molecule has 0 spiro atoms. The van der Waals surface area contributed by atoms with Gasteiger partial charge in [-0.05, 0) is 63.5 Å². The van der Waals surface area contributed by atoms with Crippen LogP contribution in [0, 0.1) is 17.8 Å². The average Bonchev–Trinajstić information content (AvgIpc) is 3.33. The molecule has 1 heterocycles. The van der Waals surface area contributed by atoms with Gasteiger partial charge in [0, 0.05) is 24.9 Å². The fraction of sp³-hybridized carbons (Fsp3) is 0.531. The van der Waals surface area contributed by atoms with Gasteiger partial charge in [-0.3, -0.25) is 19.2 Å². The maximum absolute atomic E-state index is 14.3. The van der Waals surface area contributed by atoms with E-state index in [4.69, 9.17) is 27.9 Å². The van der Waals surface area contributed by atoms with Crippen molar-refractivity contribution in [1.29, 1.82) is 0 Å². The van der Waals surface area contributed by atoms with Gasteiger partial charge in [0.05, 0.1) is 6.04 Å². The number of hydrogen-bond donors (Lipinski definition) is 3. The number of piperidine rings is 1. The molecule has 238 valence electrons. The molecule has 1 aromatic rings. The molecule has 2 aliphatic carbocycles. The Morgan fingerprint density at radius 1 is 1.07 bits per heavy atom. The summed E-state index contributed by atoms with van der Waals surface area (Å²) >= 11 is 13.1. The van der Waals surface area contributed by atoms with Gasteiger partial charge in [0.15, 0.2) is 0 Å². The highest BCUT2D eigenvalue weighted by Crippen LogP contribution is 2.65. The number of hydrogen-bond acceptors (Lipinski definition) is 6. The molecule has 0 aromatic heterocycles. The van der Waals surface area contributed by atoms with E-state index in [0.717, 1.165) is 11.1 Å². The first kappa shape index (κ1) is 33.5. The van der Waals surface area contributed by atoms with Crippen LogP contribution in [-0.2, 0) is 36.8 Å². The Kier molecular flexibility index (Phi) is 10.1. The van der Waals surface area contributed by atoms with Crippen LogP contribution < -0.4 is 16.0 Å². The first-order valence-corrected chi connectivity index (χ1v) is 15.5. The first-order valence-electron chi connectivity index (χ1n) is 14.8. The van der Waals surface area contributed by atoms with Crippen LogP contribution in [0.5, 0.6) is 0 Å². The number of likely N-dealkylation sites (tertiary alicyclic amines) is 1. The Bertz CT molecular complexity index is 1320. The molecular weight excluding hydrogens is 607 g/mol. The number of alkyl carbamates (subject to hydrolysis) is 1. The number of fused-ring (bicyclic) bond motifs is 2. The van der Waals surface area contributed by atoms with Gasteiger partial charge in [-0.1, -0.05) is 36.4 Å². The number of Topliss-reactive ketones (excluding diaryl/α,β-unsaturated/α-hetero) is 1. The fourth-order valence-electron chi connectivity index (χ4n) is 6.18. The number of nitrogens with one attached hydrogen (secondary N) is 3. The summed E-state index contributed by atoms with van der Waals surface area (Å²) < 4.78 is 4.25. The van der Waals surface area contributed by atoms with Gasteiger partial charge in [-0.2, -0.15) is 0 Å². The zero-order chi connectivity index (χ0) is 32.4. The van der Waals surface area contributed by atoms with Gasteiger partial charge in [0.25, 0.3) is 5.91 Å². The van der Waals surface area contributed by atoms with Crippen LogP contribution >= 0.6 is 23.2 Å². The van der Waals surface area contributed by atoms with Crippen LogP contribution in [-0.4, -0.2) is 75.6 Å². The van der Waals surface area contributed by atoms with Crippen molar-refractivity contribution >= 4 is 52.8 Å². The van der Waals surface area contributed by atoms with E-state index in [1.54, 1.807) is 26.8 Å². The largest absolute Gasteiger partial charge is 0.444 e. The standard InChI is InChI=1S/C32H40Cl2N4O6/c1-6-8-13-22(26(39)28(41)35-14-7-2)36-27(40)25-23-21(32(23,33)34)17-38(25)29(42)24(37-30(43)44-31(3,4)5)20-15-18-11-9-10-12-19(18)16-20/h6-7,9-12,20-25H,1-2,8,13-17H2,3-5H3,(H,35,41)(H,36,40)(H,37,43)/t21?,22?,23?,24?,25-/m0/s1. The molecule has 5 atom stereocenters. The summed E-state index contributed by atoms with van der Waals surface area (Å²) in [4.78, 5) is 68.0. The third kappa shape index (κ3) is 7.29. The third-order valence-corrected chi connectivity index (χ3v) is 9.36. The van der Waals surface area contributed by atoms with Crippen LogP contribution in [0.4, 0.5) is 4.79 Å². The minimum absolute atomic E-state index is 0.0828. The lowest BCUT2D eigenvalue weighted by Gasteiger charge is -2.35. The molecule has 1 aliphatic heterocycles. The van der Waals surface area contributed by atoms with E-state index in [0.29, 0.717) is 19.3 Å².